The molecular formula is C12H24N2O2. The van der Waals surface area contributed by atoms with Crippen LogP contribution in [0, 0.1) is 11.8 Å². The number of hydrogen-bond donors (Lipinski definition) is 2. The Bertz CT molecular complexity index is 195. The average Bonchev–Trinajstić information content (AvgIpc) is 2.72. The Balaban J connectivity index is 1.88. The Morgan fingerprint density at radius 2 is 2.12 bits per heavy atom. The number of aliphatic hydroxyl groups excluding tert-OH is 1. The summed E-state index contributed by atoms with van der Waals surface area (Å²) in [6.07, 6.45) is 1.21. The Morgan fingerprint density at radius 3 is 2.75 bits per heavy atom. The topological polar surface area (TPSA) is 44.7 Å². The Kier molecular flexibility index (Phi) is 4.58. The fourth-order valence-corrected chi connectivity index (χ4v) is 2.94. The second kappa shape index (κ2) is 5.96. The molecule has 0 amide bonds. The van der Waals surface area contributed by atoms with Crippen LogP contribution in [0.4, 0.5) is 0 Å². The monoisotopic (exact) mass is 228 g/mol. The molecular weight excluding hydrogens is 204 g/mol. The lowest BCUT2D eigenvalue weighted by Crippen LogP contribution is -2.44. The van der Waals surface area contributed by atoms with Gasteiger partial charge >= 0.3 is 0 Å². The molecule has 4 heteroatoms. The standard InChI is InChI=1S/C12H24N2O2/c1-2-10-7-13-12(9-15)11(10)8-14-3-5-16-6-4-14/h10-13,15H,2-9H2,1H3/t10-,11-,12-/m1/s1. The molecule has 0 bridgehead atoms. The maximum Gasteiger partial charge on any atom is 0.0594 e. The second-order valence-electron chi connectivity index (χ2n) is 4.94. The molecule has 0 unspecified atom stereocenters. The molecule has 2 N–H and O–H groups in total. The van der Waals surface area contributed by atoms with Gasteiger partial charge in [0.15, 0.2) is 0 Å². The Morgan fingerprint density at radius 1 is 1.38 bits per heavy atom. The number of nitrogens with one attached hydrogen (secondary N) is 1. The molecule has 0 aromatic carbocycles. The van der Waals surface area contributed by atoms with Gasteiger partial charge in [0.1, 0.15) is 0 Å². The van der Waals surface area contributed by atoms with E-state index in [9.17, 15) is 5.11 Å². The third-order valence-electron chi connectivity index (χ3n) is 4.06. The van der Waals surface area contributed by atoms with Gasteiger partial charge in [0, 0.05) is 25.7 Å². The first-order valence-electron chi connectivity index (χ1n) is 6.49. The summed E-state index contributed by atoms with van der Waals surface area (Å²) in [6, 6.07) is 0.299. The summed E-state index contributed by atoms with van der Waals surface area (Å²) in [5.41, 5.74) is 0. The van der Waals surface area contributed by atoms with Crippen molar-refractivity contribution < 1.29 is 9.84 Å². The van der Waals surface area contributed by atoms with Gasteiger partial charge in [-0.3, -0.25) is 4.90 Å². The summed E-state index contributed by atoms with van der Waals surface area (Å²) in [7, 11) is 0. The molecule has 16 heavy (non-hydrogen) atoms. The van der Waals surface area contributed by atoms with E-state index < -0.39 is 0 Å². The number of aliphatic hydroxyl groups is 1. The largest absolute Gasteiger partial charge is 0.395 e. The van der Waals surface area contributed by atoms with Gasteiger partial charge in [0.2, 0.25) is 0 Å². The lowest BCUT2D eigenvalue weighted by Gasteiger charge is -2.32. The van der Waals surface area contributed by atoms with Gasteiger partial charge in [-0.2, -0.15) is 0 Å². The molecule has 0 aliphatic carbocycles. The summed E-state index contributed by atoms with van der Waals surface area (Å²) in [5.74, 6) is 1.33. The molecule has 94 valence electrons. The average molecular weight is 228 g/mol. The highest BCUT2D eigenvalue weighted by Gasteiger charge is 2.35. The lowest BCUT2D eigenvalue weighted by molar-refractivity contribution is 0.0243. The summed E-state index contributed by atoms with van der Waals surface area (Å²) in [4.78, 5) is 2.48. The van der Waals surface area contributed by atoms with Crippen molar-refractivity contribution in [3.63, 3.8) is 0 Å². The maximum atomic E-state index is 9.37. The van der Waals surface area contributed by atoms with E-state index in [0.717, 1.165) is 45.3 Å². The van der Waals surface area contributed by atoms with Gasteiger partial charge < -0.3 is 15.2 Å². The first kappa shape index (κ1) is 12.3. The van der Waals surface area contributed by atoms with Crippen LogP contribution < -0.4 is 5.32 Å². The molecule has 0 aromatic heterocycles. The minimum Gasteiger partial charge on any atom is -0.395 e. The van der Waals surface area contributed by atoms with Crippen LogP contribution in [0.25, 0.3) is 0 Å². The van der Waals surface area contributed by atoms with Crippen molar-refractivity contribution >= 4 is 0 Å². The van der Waals surface area contributed by atoms with Crippen molar-refractivity contribution in [3.05, 3.63) is 0 Å². The zero-order chi connectivity index (χ0) is 11.4. The maximum absolute atomic E-state index is 9.37. The highest BCUT2D eigenvalue weighted by Crippen LogP contribution is 2.26. The van der Waals surface area contributed by atoms with Crippen molar-refractivity contribution in [1.29, 1.82) is 0 Å². The first-order valence-corrected chi connectivity index (χ1v) is 6.49. The van der Waals surface area contributed by atoms with E-state index in [4.69, 9.17) is 4.74 Å². The predicted octanol–water partition coefficient (Wildman–Crippen LogP) is -0.0749. The van der Waals surface area contributed by atoms with Crippen LogP contribution in [0.1, 0.15) is 13.3 Å². The molecule has 2 aliphatic rings. The first-order chi connectivity index (χ1) is 7.85. The zero-order valence-electron chi connectivity index (χ0n) is 10.2. The van der Waals surface area contributed by atoms with E-state index >= 15 is 0 Å². The molecule has 0 aromatic rings. The molecule has 0 saturated carbocycles. The minimum atomic E-state index is 0.269. The number of morpholine rings is 1. The molecule has 2 saturated heterocycles. The third kappa shape index (κ3) is 2.74. The van der Waals surface area contributed by atoms with Crippen LogP contribution >= 0.6 is 0 Å². The fraction of sp³-hybridized carbons (Fsp3) is 1.00. The molecule has 2 aliphatic heterocycles. The van der Waals surface area contributed by atoms with Gasteiger partial charge in [-0.15, -0.1) is 0 Å². The van der Waals surface area contributed by atoms with E-state index in [0.29, 0.717) is 12.0 Å². The van der Waals surface area contributed by atoms with Crippen LogP contribution in [0.5, 0.6) is 0 Å². The molecule has 0 spiro atoms. The summed E-state index contributed by atoms with van der Waals surface area (Å²) >= 11 is 0. The summed E-state index contributed by atoms with van der Waals surface area (Å²) in [5, 5.41) is 12.8. The van der Waals surface area contributed by atoms with Crippen molar-refractivity contribution in [1.82, 2.24) is 10.2 Å². The number of rotatable bonds is 4. The van der Waals surface area contributed by atoms with E-state index in [1.807, 2.05) is 0 Å². The van der Waals surface area contributed by atoms with E-state index in [-0.39, 0.29) is 6.61 Å². The van der Waals surface area contributed by atoms with Gasteiger partial charge in [0.25, 0.3) is 0 Å². The molecule has 3 atom stereocenters. The number of hydrogen-bond acceptors (Lipinski definition) is 4. The number of ether oxygens (including phenoxy) is 1. The molecule has 2 rings (SSSR count). The summed E-state index contributed by atoms with van der Waals surface area (Å²) < 4.78 is 5.36. The zero-order valence-corrected chi connectivity index (χ0v) is 10.2. The van der Waals surface area contributed by atoms with Crippen LogP contribution in [0.2, 0.25) is 0 Å². The van der Waals surface area contributed by atoms with Crippen LogP contribution in [-0.2, 0) is 4.74 Å². The van der Waals surface area contributed by atoms with E-state index in [1.165, 1.54) is 6.42 Å². The molecule has 2 fully saturated rings. The molecule has 2 heterocycles. The van der Waals surface area contributed by atoms with E-state index in [2.05, 4.69) is 17.1 Å². The Hall–Kier alpha value is -0.160. The predicted molar refractivity (Wildman–Crippen MR) is 63.4 cm³/mol. The van der Waals surface area contributed by atoms with Gasteiger partial charge in [-0.25, -0.2) is 0 Å². The highest BCUT2D eigenvalue weighted by atomic mass is 16.5. The van der Waals surface area contributed by atoms with Gasteiger partial charge in [0.05, 0.1) is 19.8 Å². The molecule has 4 nitrogen and oxygen atoms in total. The van der Waals surface area contributed by atoms with Crippen molar-refractivity contribution in [2.45, 2.75) is 19.4 Å². The Labute approximate surface area is 98.0 Å². The van der Waals surface area contributed by atoms with Gasteiger partial charge in [-0.1, -0.05) is 13.3 Å². The highest BCUT2D eigenvalue weighted by molar-refractivity contribution is 4.91. The SMILES string of the molecule is CC[C@@H]1CN[C@H](CO)[C@@H]1CN1CCOCC1. The quantitative estimate of drug-likeness (QED) is 0.707. The normalized spacial score (nSPS) is 36.8. The van der Waals surface area contributed by atoms with Crippen LogP contribution in [0.3, 0.4) is 0 Å². The van der Waals surface area contributed by atoms with Crippen molar-refractivity contribution in [2.24, 2.45) is 11.8 Å². The van der Waals surface area contributed by atoms with E-state index in [1.54, 1.807) is 0 Å². The van der Waals surface area contributed by atoms with Crippen LogP contribution in [-0.4, -0.2) is 62.0 Å². The third-order valence-corrected chi connectivity index (χ3v) is 4.06. The smallest absolute Gasteiger partial charge is 0.0594 e. The number of nitrogens with zero attached hydrogens (tertiary/aromatic N) is 1. The van der Waals surface area contributed by atoms with Crippen LogP contribution in [0.15, 0.2) is 0 Å². The van der Waals surface area contributed by atoms with Gasteiger partial charge in [-0.05, 0) is 18.4 Å². The van der Waals surface area contributed by atoms with Crippen molar-refractivity contribution in [3.8, 4) is 0 Å². The lowest BCUT2D eigenvalue weighted by atomic mass is 9.88. The fourth-order valence-electron chi connectivity index (χ4n) is 2.94. The van der Waals surface area contributed by atoms with Crippen molar-refractivity contribution in [2.75, 3.05) is 46.0 Å². The summed E-state index contributed by atoms with van der Waals surface area (Å²) in [6.45, 7) is 8.51. The molecule has 0 radical (unpaired) electrons. The minimum absolute atomic E-state index is 0.269. The second-order valence-corrected chi connectivity index (χ2v) is 4.94.